The second kappa shape index (κ2) is 11.3. The number of nitrogens with zero attached hydrogens (tertiary/aromatic N) is 1. The number of fused-ring (bicyclic) bond motifs is 1. The Balaban J connectivity index is 2.40. The van der Waals surface area contributed by atoms with Crippen molar-refractivity contribution < 1.29 is 23.1 Å². The molecule has 0 radical (unpaired) electrons. The molecule has 1 amide bonds. The number of halogens is 2. The lowest BCUT2D eigenvalue weighted by Crippen LogP contribution is -2.46. The van der Waals surface area contributed by atoms with Gasteiger partial charge < -0.3 is 10.4 Å². The van der Waals surface area contributed by atoms with Crippen LogP contribution in [0.1, 0.15) is 43.5 Å². The molecule has 2 N–H and O–H groups in total. The number of unbranched alkanes of at least 4 members (excludes halogenated alkanes) is 1. The van der Waals surface area contributed by atoms with Crippen molar-refractivity contribution in [3.63, 3.8) is 0 Å². The van der Waals surface area contributed by atoms with E-state index < -0.39 is 27.9 Å². The average molecular weight is 537 g/mol. The Morgan fingerprint density at radius 1 is 1.03 bits per heavy atom. The Kier molecular flexibility index (Phi) is 8.64. The van der Waals surface area contributed by atoms with Gasteiger partial charge in [-0.2, -0.15) is 0 Å². The maximum absolute atomic E-state index is 14.0. The Morgan fingerprint density at radius 3 is 2.29 bits per heavy atom. The van der Waals surface area contributed by atoms with Crippen LogP contribution in [0.25, 0.3) is 10.8 Å². The van der Waals surface area contributed by atoms with E-state index >= 15 is 0 Å². The van der Waals surface area contributed by atoms with E-state index in [0.717, 1.165) is 4.31 Å². The van der Waals surface area contributed by atoms with Gasteiger partial charge in [-0.1, -0.05) is 73.3 Å². The fourth-order valence-electron chi connectivity index (χ4n) is 3.93. The summed E-state index contributed by atoms with van der Waals surface area (Å²) in [4.78, 5) is 25.4. The van der Waals surface area contributed by atoms with E-state index in [2.05, 4.69) is 5.32 Å². The van der Waals surface area contributed by atoms with Crippen molar-refractivity contribution in [1.29, 1.82) is 0 Å². The molecule has 0 fully saturated rings. The maximum atomic E-state index is 14.0. The predicted molar refractivity (Wildman–Crippen MR) is 139 cm³/mol. The molecule has 1 atom stereocenters. The third kappa shape index (κ3) is 5.72. The Labute approximate surface area is 214 Å². The summed E-state index contributed by atoms with van der Waals surface area (Å²) in [6.07, 6.45) is 1.16. The number of carbonyl (C=O) groups is 2. The van der Waals surface area contributed by atoms with Crippen molar-refractivity contribution in [1.82, 2.24) is 5.32 Å². The van der Waals surface area contributed by atoms with Gasteiger partial charge in [0.25, 0.3) is 15.9 Å². The van der Waals surface area contributed by atoms with Crippen molar-refractivity contribution in [3.05, 3.63) is 70.2 Å². The number of amides is 1. The Morgan fingerprint density at radius 2 is 1.69 bits per heavy atom. The molecular formula is C25H26Cl2N2O5S. The number of aliphatic carboxylic acids is 1. The molecule has 3 rings (SSSR count). The van der Waals surface area contributed by atoms with Crippen LogP contribution in [0.15, 0.2) is 59.5 Å². The number of hydrogen-bond donors (Lipinski definition) is 2. The number of carboxylic acids is 1. The molecular weight excluding hydrogens is 511 g/mol. The molecule has 0 aliphatic rings. The van der Waals surface area contributed by atoms with Crippen LogP contribution in [0.4, 0.5) is 5.69 Å². The molecule has 1 unspecified atom stereocenters. The Hall–Kier alpha value is -2.81. The monoisotopic (exact) mass is 536 g/mol. The van der Waals surface area contributed by atoms with Crippen LogP contribution in [-0.2, 0) is 14.8 Å². The summed E-state index contributed by atoms with van der Waals surface area (Å²) < 4.78 is 28.9. The molecule has 3 aromatic rings. The fourth-order valence-corrected chi connectivity index (χ4v) is 6.30. The number of hydrogen-bond acceptors (Lipinski definition) is 4. The second-order valence-electron chi connectivity index (χ2n) is 7.94. The van der Waals surface area contributed by atoms with Gasteiger partial charge >= 0.3 is 5.97 Å². The smallest absolute Gasteiger partial charge is 0.327 e. The van der Waals surface area contributed by atoms with Crippen molar-refractivity contribution in [2.24, 2.45) is 0 Å². The van der Waals surface area contributed by atoms with E-state index in [1.54, 1.807) is 37.3 Å². The van der Waals surface area contributed by atoms with E-state index in [1.165, 1.54) is 24.3 Å². The van der Waals surface area contributed by atoms with Crippen molar-refractivity contribution >= 4 is 61.6 Å². The minimum atomic E-state index is -4.51. The Bertz CT molecular complexity index is 1340. The largest absolute Gasteiger partial charge is 0.480 e. The molecule has 0 bridgehead atoms. The number of nitrogens with one attached hydrogen (secondary N) is 1. The van der Waals surface area contributed by atoms with E-state index in [1.807, 2.05) is 6.92 Å². The van der Waals surface area contributed by atoms with Crippen molar-refractivity contribution in [3.8, 4) is 0 Å². The molecule has 0 saturated carbocycles. The van der Waals surface area contributed by atoms with Gasteiger partial charge in [0.15, 0.2) is 0 Å². The van der Waals surface area contributed by atoms with Crippen LogP contribution in [-0.4, -0.2) is 38.0 Å². The van der Waals surface area contributed by atoms with Crippen LogP contribution in [0.2, 0.25) is 10.0 Å². The van der Waals surface area contributed by atoms with Gasteiger partial charge in [-0.15, -0.1) is 0 Å². The number of sulfonamides is 1. The third-order valence-corrected chi connectivity index (χ3v) is 7.74. The van der Waals surface area contributed by atoms with E-state index in [9.17, 15) is 23.1 Å². The van der Waals surface area contributed by atoms with Gasteiger partial charge in [0.05, 0.1) is 16.1 Å². The van der Waals surface area contributed by atoms with Gasteiger partial charge in [0, 0.05) is 16.6 Å². The zero-order chi connectivity index (χ0) is 25.8. The van der Waals surface area contributed by atoms with Crippen LogP contribution in [0.5, 0.6) is 0 Å². The number of carbonyl (C=O) groups excluding carboxylic acids is 1. The first-order chi connectivity index (χ1) is 16.6. The van der Waals surface area contributed by atoms with Crippen molar-refractivity contribution in [2.45, 2.75) is 44.0 Å². The minimum Gasteiger partial charge on any atom is -0.480 e. The van der Waals surface area contributed by atoms with Crippen molar-refractivity contribution in [2.75, 3.05) is 10.8 Å². The topological polar surface area (TPSA) is 104 Å². The minimum absolute atomic E-state index is 0.0331. The number of rotatable bonds is 10. The number of carboxylic acid groups (broad SMARTS) is 1. The molecule has 0 aliphatic heterocycles. The summed E-state index contributed by atoms with van der Waals surface area (Å²) in [5, 5.41) is 14.2. The van der Waals surface area contributed by atoms with E-state index in [0.29, 0.717) is 30.2 Å². The molecule has 0 aromatic heterocycles. The zero-order valence-corrected chi connectivity index (χ0v) is 21.6. The normalized spacial score (nSPS) is 12.3. The second-order valence-corrected chi connectivity index (χ2v) is 10.6. The third-order valence-electron chi connectivity index (χ3n) is 5.50. The predicted octanol–water partition coefficient (Wildman–Crippen LogP) is 5.74. The lowest BCUT2D eigenvalue weighted by Gasteiger charge is -2.32. The lowest BCUT2D eigenvalue weighted by molar-refractivity contribution is -0.138. The number of benzene rings is 3. The summed E-state index contributed by atoms with van der Waals surface area (Å²) in [6.45, 7) is 3.92. The van der Waals surface area contributed by atoms with E-state index in [-0.39, 0.29) is 32.6 Å². The SMILES string of the molecule is CCCCC(C(=O)O)N(c1ccc2ccccc2c1C(=O)NCC)S(=O)(=O)c1cc(Cl)cc(Cl)c1. The summed E-state index contributed by atoms with van der Waals surface area (Å²) in [6, 6.07) is 12.5. The molecule has 0 heterocycles. The molecule has 3 aromatic carbocycles. The van der Waals surface area contributed by atoms with Gasteiger partial charge in [-0.25, -0.2) is 13.2 Å². The van der Waals surface area contributed by atoms with Crippen LogP contribution in [0.3, 0.4) is 0 Å². The summed E-state index contributed by atoms with van der Waals surface area (Å²) in [5.74, 6) is -1.84. The highest BCUT2D eigenvalue weighted by atomic mass is 35.5. The van der Waals surface area contributed by atoms with E-state index in [4.69, 9.17) is 23.2 Å². The quantitative estimate of drug-likeness (QED) is 0.344. The zero-order valence-electron chi connectivity index (χ0n) is 19.3. The van der Waals surface area contributed by atoms with Gasteiger partial charge in [0.1, 0.15) is 6.04 Å². The summed E-state index contributed by atoms with van der Waals surface area (Å²) >= 11 is 12.2. The highest BCUT2D eigenvalue weighted by Crippen LogP contribution is 2.36. The van der Waals surface area contributed by atoms with Gasteiger partial charge in [0.2, 0.25) is 0 Å². The average Bonchev–Trinajstić information content (AvgIpc) is 2.80. The molecule has 35 heavy (non-hydrogen) atoms. The molecule has 7 nitrogen and oxygen atoms in total. The highest BCUT2D eigenvalue weighted by Gasteiger charge is 2.38. The molecule has 0 spiro atoms. The lowest BCUT2D eigenvalue weighted by atomic mass is 10.0. The summed E-state index contributed by atoms with van der Waals surface area (Å²) in [7, 11) is -4.51. The van der Waals surface area contributed by atoms with Gasteiger partial charge in [-0.05, 0) is 48.4 Å². The van der Waals surface area contributed by atoms with Crippen LogP contribution in [0, 0.1) is 0 Å². The maximum Gasteiger partial charge on any atom is 0.327 e. The molecule has 0 aliphatic carbocycles. The first kappa shape index (κ1) is 26.8. The molecule has 186 valence electrons. The van der Waals surface area contributed by atoms with Crippen LogP contribution >= 0.6 is 23.2 Å². The number of anilines is 1. The first-order valence-corrected chi connectivity index (χ1v) is 13.3. The van der Waals surface area contributed by atoms with Crippen LogP contribution < -0.4 is 9.62 Å². The molecule has 10 heteroatoms. The highest BCUT2D eigenvalue weighted by molar-refractivity contribution is 7.93. The van der Waals surface area contributed by atoms with Gasteiger partial charge in [-0.3, -0.25) is 9.10 Å². The fraction of sp³-hybridized carbons (Fsp3) is 0.280. The molecule has 0 saturated heterocycles. The summed E-state index contributed by atoms with van der Waals surface area (Å²) in [5.41, 5.74) is 0.0404. The first-order valence-electron chi connectivity index (χ1n) is 11.1. The standard InChI is InChI=1S/C25H26Cl2N2O5S/c1-3-5-10-22(25(31)32)29(35(33,34)19-14-17(26)13-18(27)15-19)21-12-11-16-8-6-7-9-20(16)23(21)24(30)28-4-2/h6-9,11-15,22H,3-5,10H2,1-2H3,(H,28,30)(H,31,32).